The van der Waals surface area contributed by atoms with Crippen LogP contribution in [0, 0.1) is 0 Å². The van der Waals surface area contributed by atoms with Gasteiger partial charge < -0.3 is 19.7 Å². The first-order valence-electron chi connectivity index (χ1n) is 9.31. The van der Waals surface area contributed by atoms with Gasteiger partial charge in [0.15, 0.2) is 0 Å². The molecule has 0 amide bonds. The molecule has 0 unspecified atom stereocenters. The fraction of sp³-hybridized carbons (Fsp3) is 0.167. The molecule has 6 heteroatoms. The number of aromatic hydroxyl groups is 2. The Balaban J connectivity index is 2.11. The average Bonchev–Trinajstić information content (AvgIpc) is 2.71. The quantitative estimate of drug-likeness (QED) is 0.294. The minimum absolute atomic E-state index is 0.104. The predicted octanol–water partition coefficient (Wildman–Crippen LogP) is 6.89. The largest absolute Gasteiger partial charge is 0.507 e. The van der Waals surface area contributed by atoms with E-state index in [-0.39, 0.29) is 11.5 Å². The molecule has 0 spiro atoms. The van der Waals surface area contributed by atoms with Gasteiger partial charge in [-0.1, -0.05) is 44.0 Å². The summed E-state index contributed by atoms with van der Waals surface area (Å²) in [7, 11) is 3.29. The van der Waals surface area contributed by atoms with Crippen LogP contribution in [0.15, 0.2) is 57.5 Å². The summed E-state index contributed by atoms with van der Waals surface area (Å²) in [4.78, 5) is 0. The molecule has 0 aliphatic carbocycles. The lowest BCUT2D eigenvalue weighted by atomic mass is 9.91. The Morgan fingerprint density at radius 3 is 1.43 bits per heavy atom. The Bertz CT molecular complexity index is 1170. The molecule has 0 fully saturated rings. The van der Waals surface area contributed by atoms with E-state index in [1.165, 1.54) is 0 Å². The van der Waals surface area contributed by atoms with Crippen LogP contribution in [0.1, 0.15) is 11.1 Å². The zero-order valence-electron chi connectivity index (χ0n) is 16.5. The second-order valence-corrected chi connectivity index (χ2v) is 8.82. The second kappa shape index (κ2) is 8.55. The zero-order valence-corrected chi connectivity index (χ0v) is 19.7. The highest BCUT2D eigenvalue weighted by molar-refractivity contribution is 9.10. The number of hydrogen-bond donors (Lipinski definition) is 2. The number of methoxy groups -OCH3 is 2. The van der Waals surface area contributed by atoms with Crippen molar-refractivity contribution in [1.29, 1.82) is 0 Å². The first-order chi connectivity index (χ1) is 14.4. The molecule has 0 saturated carbocycles. The number of hydrogen-bond acceptors (Lipinski definition) is 4. The molecular weight excluding hydrogens is 512 g/mol. The van der Waals surface area contributed by atoms with E-state index in [1.807, 2.05) is 36.4 Å². The highest BCUT2D eigenvalue weighted by Crippen LogP contribution is 2.46. The van der Waals surface area contributed by atoms with Crippen molar-refractivity contribution >= 4 is 53.4 Å². The summed E-state index contributed by atoms with van der Waals surface area (Å²) in [5, 5.41) is 25.3. The summed E-state index contributed by atoms with van der Waals surface area (Å²) < 4.78 is 12.5. The molecule has 2 N–H and O–H groups in total. The van der Waals surface area contributed by atoms with Gasteiger partial charge in [-0.25, -0.2) is 0 Å². The summed E-state index contributed by atoms with van der Waals surface area (Å²) in [5.74, 6) is 0.208. The third kappa shape index (κ3) is 3.69. The molecule has 0 atom stereocenters. The Labute approximate surface area is 191 Å². The van der Waals surface area contributed by atoms with E-state index in [4.69, 9.17) is 9.47 Å². The van der Waals surface area contributed by atoms with Crippen molar-refractivity contribution in [3.63, 3.8) is 0 Å². The summed E-state index contributed by atoms with van der Waals surface area (Å²) in [6, 6.07) is 15.0. The van der Waals surface area contributed by atoms with Crippen LogP contribution in [0.25, 0.3) is 32.7 Å². The summed E-state index contributed by atoms with van der Waals surface area (Å²) in [6.07, 6.45) is 0. The van der Waals surface area contributed by atoms with Gasteiger partial charge in [0.05, 0.1) is 13.2 Å². The van der Waals surface area contributed by atoms with Crippen LogP contribution in [0.4, 0.5) is 0 Å². The van der Waals surface area contributed by atoms with Crippen molar-refractivity contribution in [3.8, 4) is 22.6 Å². The number of ether oxygens (including phenoxy) is 2. The molecule has 0 aromatic heterocycles. The number of benzene rings is 4. The summed E-state index contributed by atoms with van der Waals surface area (Å²) in [6.45, 7) is 0.857. The van der Waals surface area contributed by atoms with E-state index in [9.17, 15) is 10.2 Å². The van der Waals surface area contributed by atoms with Crippen molar-refractivity contribution in [1.82, 2.24) is 0 Å². The molecule has 4 aromatic carbocycles. The fourth-order valence-corrected chi connectivity index (χ4v) is 4.76. The van der Waals surface area contributed by atoms with E-state index in [0.717, 1.165) is 41.6 Å². The van der Waals surface area contributed by atoms with Crippen LogP contribution in [0.3, 0.4) is 0 Å². The van der Waals surface area contributed by atoms with Crippen molar-refractivity contribution in [2.24, 2.45) is 0 Å². The minimum atomic E-state index is 0.104. The van der Waals surface area contributed by atoms with Gasteiger partial charge in [-0.05, 0) is 69.1 Å². The van der Waals surface area contributed by atoms with Crippen LogP contribution >= 0.6 is 31.9 Å². The van der Waals surface area contributed by atoms with Crippen molar-refractivity contribution in [3.05, 3.63) is 68.6 Å². The predicted molar refractivity (Wildman–Crippen MR) is 127 cm³/mol. The maximum atomic E-state index is 10.9. The Morgan fingerprint density at radius 2 is 1.07 bits per heavy atom. The first-order valence-corrected chi connectivity index (χ1v) is 10.9. The van der Waals surface area contributed by atoms with Gasteiger partial charge in [0.25, 0.3) is 0 Å². The second-order valence-electron chi connectivity index (χ2n) is 7.11. The van der Waals surface area contributed by atoms with E-state index < -0.39 is 0 Å². The van der Waals surface area contributed by atoms with Gasteiger partial charge in [0.1, 0.15) is 11.5 Å². The fourth-order valence-electron chi connectivity index (χ4n) is 3.81. The molecule has 0 bridgehead atoms. The number of halogens is 2. The number of phenols is 2. The van der Waals surface area contributed by atoms with E-state index in [1.54, 1.807) is 26.4 Å². The lowest BCUT2D eigenvalue weighted by Gasteiger charge is -2.17. The highest BCUT2D eigenvalue weighted by atomic mass is 79.9. The number of fused-ring (bicyclic) bond motifs is 2. The molecule has 0 radical (unpaired) electrons. The molecular formula is C24H20Br2O4. The standard InChI is InChI=1S/C24H20Br2O4/c1-29-11-15-7-17-13(9-19(15)25)3-5-21(27)23(17)24-18-8-16(12-30-2)20(26)10-14(18)4-6-22(24)28/h3-10,27-28H,11-12H2,1-2H3. The van der Waals surface area contributed by atoms with E-state index in [0.29, 0.717) is 24.3 Å². The monoisotopic (exact) mass is 530 g/mol. The Hall–Kier alpha value is -2.12. The van der Waals surface area contributed by atoms with E-state index in [2.05, 4.69) is 31.9 Å². The van der Waals surface area contributed by atoms with Gasteiger partial charge in [0, 0.05) is 34.3 Å². The minimum Gasteiger partial charge on any atom is -0.507 e. The van der Waals surface area contributed by atoms with Gasteiger partial charge >= 0.3 is 0 Å². The highest BCUT2D eigenvalue weighted by Gasteiger charge is 2.19. The van der Waals surface area contributed by atoms with Crippen molar-refractivity contribution in [2.45, 2.75) is 13.2 Å². The molecule has 30 heavy (non-hydrogen) atoms. The van der Waals surface area contributed by atoms with Crippen molar-refractivity contribution in [2.75, 3.05) is 14.2 Å². The van der Waals surface area contributed by atoms with Crippen LogP contribution in [0.5, 0.6) is 11.5 Å². The Kier molecular flexibility index (Phi) is 6.02. The van der Waals surface area contributed by atoms with Gasteiger partial charge in [-0.15, -0.1) is 0 Å². The van der Waals surface area contributed by atoms with Crippen LogP contribution < -0.4 is 0 Å². The molecule has 4 rings (SSSR count). The van der Waals surface area contributed by atoms with Gasteiger partial charge in [-0.2, -0.15) is 0 Å². The van der Waals surface area contributed by atoms with Gasteiger partial charge in [-0.3, -0.25) is 0 Å². The summed E-state index contributed by atoms with van der Waals surface area (Å²) >= 11 is 7.19. The molecule has 0 aliphatic heterocycles. The third-order valence-electron chi connectivity index (χ3n) is 5.18. The lowest BCUT2D eigenvalue weighted by Crippen LogP contribution is -1.94. The van der Waals surface area contributed by atoms with Crippen LogP contribution in [0.2, 0.25) is 0 Å². The van der Waals surface area contributed by atoms with Crippen LogP contribution in [-0.4, -0.2) is 24.4 Å². The lowest BCUT2D eigenvalue weighted by molar-refractivity contribution is 0.184. The van der Waals surface area contributed by atoms with Gasteiger partial charge in [0.2, 0.25) is 0 Å². The first kappa shape index (κ1) is 21.1. The molecule has 154 valence electrons. The third-order valence-corrected chi connectivity index (χ3v) is 6.66. The van der Waals surface area contributed by atoms with Crippen molar-refractivity contribution < 1.29 is 19.7 Å². The number of rotatable bonds is 5. The SMILES string of the molecule is COCc1cc2c(-c3c(O)ccc4cc(Br)c(COC)cc34)c(O)ccc2cc1Br. The molecule has 0 aliphatic rings. The topological polar surface area (TPSA) is 58.9 Å². The zero-order chi connectivity index (χ0) is 21.4. The van der Waals surface area contributed by atoms with Crippen LogP contribution in [-0.2, 0) is 22.7 Å². The average molecular weight is 532 g/mol. The maximum absolute atomic E-state index is 10.9. The molecule has 0 saturated heterocycles. The smallest absolute Gasteiger partial charge is 0.124 e. The van der Waals surface area contributed by atoms with E-state index >= 15 is 0 Å². The number of phenolic OH excluding ortho intramolecular Hbond substituents is 2. The summed E-state index contributed by atoms with van der Waals surface area (Å²) in [5.41, 5.74) is 3.09. The molecule has 4 nitrogen and oxygen atoms in total. The Morgan fingerprint density at radius 1 is 0.667 bits per heavy atom. The molecule has 4 aromatic rings. The maximum Gasteiger partial charge on any atom is 0.124 e. The molecule has 0 heterocycles. The normalized spacial score (nSPS) is 11.5.